The van der Waals surface area contributed by atoms with Crippen LogP contribution in [0.4, 0.5) is 0 Å². The molecule has 0 amide bonds. The van der Waals surface area contributed by atoms with Crippen molar-refractivity contribution in [3.63, 3.8) is 0 Å². The van der Waals surface area contributed by atoms with Crippen LogP contribution in [-0.4, -0.2) is 0 Å². The van der Waals surface area contributed by atoms with Crippen LogP contribution in [0.15, 0.2) is 23.3 Å². The predicted octanol–water partition coefficient (Wildman–Crippen LogP) is 4.87. The monoisotopic (exact) mass is 180 g/mol. The normalized spacial score (nSPS) is 13.5. The topological polar surface area (TPSA) is 0 Å². The zero-order valence-corrected chi connectivity index (χ0v) is 9.69. The molecule has 0 bridgehead atoms. The number of hydrogen-bond donors (Lipinski definition) is 0. The van der Waals surface area contributed by atoms with E-state index in [1.54, 1.807) is 0 Å². The van der Waals surface area contributed by atoms with Crippen LogP contribution in [0.2, 0.25) is 0 Å². The number of rotatable bonds is 6. The molecular formula is C13H24. The number of allylic oxidation sites excluding steroid dienone is 4. The Bertz CT molecular complexity index is 172. The summed E-state index contributed by atoms with van der Waals surface area (Å²) in [6.07, 6.45) is 11.0. The first-order valence-corrected chi connectivity index (χ1v) is 5.58. The van der Waals surface area contributed by atoms with Gasteiger partial charge < -0.3 is 0 Å². The summed E-state index contributed by atoms with van der Waals surface area (Å²) in [6.45, 7) is 8.86. The van der Waals surface area contributed by atoms with E-state index >= 15 is 0 Å². The molecule has 0 heterocycles. The Labute approximate surface area is 83.7 Å². The molecule has 0 aromatic carbocycles. The second-order valence-electron chi connectivity index (χ2n) is 3.59. The summed E-state index contributed by atoms with van der Waals surface area (Å²) in [5.74, 6) is 0. The van der Waals surface area contributed by atoms with Gasteiger partial charge in [0.1, 0.15) is 0 Å². The Hall–Kier alpha value is -0.520. The first-order chi connectivity index (χ1) is 6.26. The Morgan fingerprint density at radius 1 is 1.15 bits per heavy atom. The van der Waals surface area contributed by atoms with Crippen molar-refractivity contribution in [2.24, 2.45) is 0 Å². The molecule has 0 N–H and O–H groups in total. The van der Waals surface area contributed by atoms with Crippen LogP contribution in [0.5, 0.6) is 0 Å². The van der Waals surface area contributed by atoms with E-state index in [2.05, 4.69) is 39.8 Å². The summed E-state index contributed by atoms with van der Waals surface area (Å²) < 4.78 is 0. The van der Waals surface area contributed by atoms with Crippen LogP contribution in [-0.2, 0) is 0 Å². The van der Waals surface area contributed by atoms with Crippen molar-refractivity contribution < 1.29 is 0 Å². The van der Waals surface area contributed by atoms with Gasteiger partial charge in [0.2, 0.25) is 0 Å². The van der Waals surface area contributed by atoms with E-state index in [1.807, 2.05) is 0 Å². The molecule has 0 aromatic heterocycles. The standard InChI is InChI=1S/C13H24/c1-5-8-10-12(4)13(7-3)11-9-6-2/h7,10H,5-6,8-9,11H2,1-4H3. The molecule has 0 aromatic rings. The van der Waals surface area contributed by atoms with E-state index in [4.69, 9.17) is 0 Å². The summed E-state index contributed by atoms with van der Waals surface area (Å²) in [6, 6.07) is 0. The molecule has 0 aliphatic heterocycles. The Balaban J connectivity index is 4.07. The van der Waals surface area contributed by atoms with Gasteiger partial charge in [0.15, 0.2) is 0 Å². The van der Waals surface area contributed by atoms with Crippen LogP contribution in [0.1, 0.15) is 59.8 Å². The minimum absolute atomic E-state index is 1.22. The third kappa shape index (κ3) is 5.68. The lowest BCUT2D eigenvalue weighted by Gasteiger charge is -2.06. The van der Waals surface area contributed by atoms with E-state index in [-0.39, 0.29) is 0 Å². The van der Waals surface area contributed by atoms with E-state index in [1.165, 1.54) is 43.3 Å². The molecule has 0 rings (SSSR count). The number of hydrogen-bond acceptors (Lipinski definition) is 0. The van der Waals surface area contributed by atoms with Gasteiger partial charge in [-0.15, -0.1) is 0 Å². The van der Waals surface area contributed by atoms with Crippen LogP contribution >= 0.6 is 0 Å². The quantitative estimate of drug-likeness (QED) is 0.512. The van der Waals surface area contributed by atoms with Crippen molar-refractivity contribution in [3.05, 3.63) is 23.3 Å². The SMILES string of the molecule is CC=C(CCCC)C(C)=CCCC. The fraction of sp³-hybridized carbons (Fsp3) is 0.692. The van der Waals surface area contributed by atoms with Gasteiger partial charge >= 0.3 is 0 Å². The number of unbranched alkanes of at least 4 members (excludes halogenated alkanes) is 2. The molecule has 0 nitrogen and oxygen atoms in total. The minimum atomic E-state index is 1.22. The Kier molecular flexibility index (Phi) is 7.77. The average Bonchev–Trinajstić information content (AvgIpc) is 2.16. The van der Waals surface area contributed by atoms with Crippen molar-refractivity contribution in [2.45, 2.75) is 59.8 Å². The third-order valence-electron chi connectivity index (χ3n) is 2.39. The summed E-state index contributed by atoms with van der Waals surface area (Å²) in [4.78, 5) is 0. The Morgan fingerprint density at radius 2 is 1.85 bits per heavy atom. The fourth-order valence-corrected chi connectivity index (χ4v) is 1.43. The third-order valence-corrected chi connectivity index (χ3v) is 2.39. The molecule has 0 radical (unpaired) electrons. The lowest BCUT2D eigenvalue weighted by Crippen LogP contribution is -1.86. The van der Waals surface area contributed by atoms with Crippen molar-refractivity contribution >= 4 is 0 Å². The average molecular weight is 180 g/mol. The Morgan fingerprint density at radius 3 is 2.31 bits per heavy atom. The highest BCUT2D eigenvalue weighted by atomic mass is 14.0. The molecule has 0 aliphatic carbocycles. The maximum atomic E-state index is 2.37. The fourth-order valence-electron chi connectivity index (χ4n) is 1.43. The summed E-state index contributed by atoms with van der Waals surface area (Å²) in [5.41, 5.74) is 3.02. The van der Waals surface area contributed by atoms with Gasteiger partial charge in [0, 0.05) is 0 Å². The molecule has 0 saturated carbocycles. The summed E-state index contributed by atoms with van der Waals surface area (Å²) >= 11 is 0. The predicted molar refractivity (Wildman–Crippen MR) is 61.9 cm³/mol. The van der Waals surface area contributed by atoms with Crippen molar-refractivity contribution in [3.8, 4) is 0 Å². The zero-order valence-electron chi connectivity index (χ0n) is 9.69. The molecule has 0 fully saturated rings. The molecule has 0 aliphatic rings. The zero-order chi connectivity index (χ0) is 10.1. The molecule has 0 heteroatoms. The van der Waals surface area contributed by atoms with Crippen molar-refractivity contribution in [1.82, 2.24) is 0 Å². The van der Waals surface area contributed by atoms with Crippen molar-refractivity contribution in [2.75, 3.05) is 0 Å². The van der Waals surface area contributed by atoms with Gasteiger partial charge in [-0.05, 0) is 38.7 Å². The second kappa shape index (κ2) is 8.10. The van der Waals surface area contributed by atoms with Gasteiger partial charge in [0.05, 0.1) is 0 Å². The van der Waals surface area contributed by atoms with Crippen LogP contribution in [0, 0.1) is 0 Å². The van der Waals surface area contributed by atoms with Gasteiger partial charge in [-0.25, -0.2) is 0 Å². The van der Waals surface area contributed by atoms with Gasteiger partial charge in [-0.2, -0.15) is 0 Å². The van der Waals surface area contributed by atoms with E-state index in [0.29, 0.717) is 0 Å². The minimum Gasteiger partial charge on any atom is -0.0842 e. The van der Waals surface area contributed by atoms with Crippen LogP contribution in [0.3, 0.4) is 0 Å². The first-order valence-electron chi connectivity index (χ1n) is 5.58. The largest absolute Gasteiger partial charge is 0.0842 e. The molecule has 0 saturated heterocycles. The lowest BCUT2D eigenvalue weighted by atomic mass is 10.0. The van der Waals surface area contributed by atoms with Crippen molar-refractivity contribution in [1.29, 1.82) is 0 Å². The van der Waals surface area contributed by atoms with Crippen LogP contribution < -0.4 is 0 Å². The molecular weight excluding hydrogens is 156 g/mol. The summed E-state index contributed by atoms with van der Waals surface area (Å²) in [7, 11) is 0. The maximum Gasteiger partial charge on any atom is -0.0280 e. The highest BCUT2D eigenvalue weighted by molar-refractivity contribution is 5.28. The van der Waals surface area contributed by atoms with Crippen LogP contribution in [0.25, 0.3) is 0 Å². The molecule has 0 atom stereocenters. The van der Waals surface area contributed by atoms with Gasteiger partial charge in [-0.1, -0.05) is 44.4 Å². The van der Waals surface area contributed by atoms with E-state index in [9.17, 15) is 0 Å². The second-order valence-corrected chi connectivity index (χ2v) is 3.59. The van der Waals surface area contributed by atoms with Gasteiger partial charge in [0.25, 0.3) is 0 Å². The van der Waals surface area contributed by atoms with E-state index < -0.39 is 0 Å². The molecule has 0 unspecified atom stereocenters. The highest BCUT2D eigenvalue weighted by Gasteiger charge is 1.97. The lowest BCUT2D eigenvalue weighted by molar-refractivity contribution is 0.788. The molecule has 0 spiro atoms. The summed E-state index contributed by atoms with van der Waals surface area (Å²) in [5, 5.41) is 0. The molecule has 76 valence electrons. The maximum absolute atomic E-state index is 2.37. The molecule has 13 heavy (non-hydrogen) atoms. The van der Waals surface area contributed by atoms with Gasteiger partial charge in [-0.3, -0.25) is 0 Å². The smallest absolute Gasteiger partial charge is 0.0280 e. The first kappa shape index (κ1) is 12.5. The van der Waals surface area contributed by atoms with E-state index in [0.717, 1.165) is 0 Å². The highest BCUT2D eigenvalue weighted by Crippen LogP contribution is 2.17.